The van der Waals surface area contributed by atoms with Crippen molar-refractivity contribution < 1.29 is 14.3 Å². The number of anilines is 2. The van der Waals surface area contributed by atoms with Gasteiger partial charge < -0.3 is 20.3 Å². The minimum Gasteiger partial charge on any atom is -0.374 e. The Balaban J connectivity index is 1.13. The van der Waals surface area contributed by atoms with Crippen LogP contribution in [0.2, 0.25) is 5.02 Å². The fourth-order valence-corrected chi connectivity index (χ4v) is 9.10. The highest BCUT2D eigenvalue weighted by atomic mass is 35.5. The molecular weight excluding hydrogens is 548 g/mol. The third-order valence-corrected chi connectivity index (χ3v) is 11.3. The standard InChI is InChI=1S/C25H23ClN6O4S2/c26-15-5-16(24(35)32-19(15)21(33)30-25(32)8-37-9-25)29-20-18-14-2-1-11(3-17(14)38-22(18)28-10-27-20)23(34)31-6-13-4-12(31)7-36-13/h5,10-13H,1-4,6-9H2,(H,30,33)(H,27,28,29)/t11-,12+,13+/m0/s1. The third-order valence-electron chi connectivity index (χ3n) is 8.46. The second-order valence-electron chi connectivity index (χ2n) is 10.7. The molecule has 13 heteroatoms. The van der Waals surface area contributed by atoms with Gasteiger partial charge in [-0.3, -0.25) is 19.0 Å². The van der Waals surface area contributed by atoms with Crippen molar-refractivity contribution >= 4 is 68.2 Å². The van der Waals surface area contributed by atoms with E-state index in [2.05, 4.69) is 20.6 Å². The normalized spacial score (nSPS) is 26.4. The SMILES string of the molecule is O=C1NC2(CSC2)n2c1c(Cl)cc(Nc1ncnc3sc4c(c13)CC[C@H](C(=O)N1C[C@H]3C[C@@H]1CO3)C4)c2=O. The number of fused-ring (bicyclic) bond motifs is 7. The number of halogens is 1. The van der Waals surface area contributed by atoms with Crippen LogP contribution in [0, 0.1) is 5.92 Å². The molecule has 1 aliphatic carbocycles. The van der Waals surface area contributed by atoms with Gasteiger partial charge in [0.05, 0.1) is 29.2 Å². The lowest BCUT2D eigenvalue weighted by Crippen LogP contribution is -2.57. The number of hydrogen-bond acceptors (Lipinski definition) is 9. The second-order valence-corrected chi connectivity index (χ2v) is 13.2. The van der Waals surface area contributed by atoms with E-state index in [-0.39, 0.29) is 51.8 Å². The first kappa shape index (κ1) is 23.2. The van der Waals surface area contributed by atoms with E-state index in [9.17, 15) is 14.4 Å². The third kappa shape index (κ3) is 3.20. The van der Waals surface area contributed by atoms with Gasteiger partial charge in [0.15, 0.2) is 0 Å². The molecule has 4 aliphatic heterocycles. The molecular formula is C25H23ClN6O4S2. The van der Waals surface area contributed by atoms with Gasteiger partial charge in [-0.15, -0.1) is 11.3 Å². The van der Waals surface area contributed by atoms with Gasteiger partial charge in [-0.25, -0.2) is 9.97 Å². The van der Waals surface area contributed by atoms with E-state index in [1.807, 2.05) is 4.90 Å². The molecule has 3 aromatic rings. The summed E-state index contributed by atoms with van der Waals surface area (Å²) < 4.78 is 7.18. The molecule has 8 rings (SSSR count). The number of morpholine rings is 1. The number of aryl methyl sites for hydroxylation is 1. The van der Waals surface area contributed by atoms with Crippen LogP contribution in [0.4, 0.5) is 11.5 Å². The number of carbonyl (C=O) groups is 2. The molecule has 5 aliphatic rings. The van der Waals surface area contributed by atoms with Crippen LogP contribution in [0.1, 0.15) is 33.8 Å². The molecule has 0 saturated carbocycles. The number of hydrogen-bond donors (Lipinski definition) is 2. The Bertz CT molecular complexity index is 1620. The van der Waals surface area contributed by atoms with Crippen molar-refractivity contribution in [2.45, 2.75) is 43.5 Å². The van der Waals surface area contributed by atoms with E-state index in [1.54, 1.807) is 23.1 Å². The summed E-state index contributed by atoms with van der Waals surface area (Å²) in [5.74, 6) is 1.64. The van der Waals surface area contributed by atoms with Crippen LogP contribution in [0.5, 0.6) is 0 Å². The summed E-state index contributed by atoms with van der Waals surface area (Å²) in [5, 5.41) is 7.27. The minimum atomic E-state index is -0.722. The number of ether oxygens (including phenoxy) is 1. The molecule has 7 heterocycles. The zero-order valence-corrected chi connectivity index (χ0v) is 22.5. The van der Waals surface area contributed by atoms with E-state index in [1.165, 1.54) is 17.0 Å². The molecule has 3 aromatic heterocycles. The molecule has 10 nitrogen and oxygen atoms in total. The summed E-state index contributed by atoms with van der Waals surface area (Å²) in [5.41, 5.74) is 0.576. The average Bonchev–Trinajstić information content (AvgIpc) is 3.66. The van der Waals surface area contributed by atoms with Crippen molar-refractivity contribution in [3.8, 4) is 0 Å². The van der Waals surface area contributed by atoms with Gasteiger partial charge in [0.2, 0.25) is 5.91 Å². The Hall–Kier alpha value is -2.67. The molecule has 2 amide bonds. The molecule has 3 atom stereocenters. The Labute approximate surface area is 230 Å². The Morgan fingerprint density at radius 1 is 1.29 bits per heavy atom. The molecule has 3 saturated heterocycles. The summed E-state index contributed by atoms with van der Waals surface area (Å²) in [6.07, 6.45) is 4.83. The van der Waals surface area contributed by atoms with Crippen molar-refractivity contribution in [2.75, 3.05) is 30.0 Å². The molecule has 2 N–H and O–H groups in total. The predicted molar refractivity (Wildman–Crippen MR) is 145 cm³/mol. The maximum Gasteiger partial charge on any atom is 0.276 e. The molecule has 1 spiro atoms. The molecule has 38 heavy (non-hydrogen) atoms. The number of rotatable bonds is 3. The number of likely N-dealkylation sites (tertiary alicyclic amines) is 1. The van der Waals surface area contributed by atoms with E-state index in [0.717, 1.165) is 39.9 Å². The second kappa shape index (κ2) is 8.17. The fourth-order valence-electron chi connectivity index (χ4n) is 6.56. The number of carbonyl (C=O) groups excluding carboxylic acids is 2. The Morgan fingerprint density at radius 3 is 2.89 bits per heavy atom. The maximum atomic E-state index is 13.6. The van der Waals surface area contributed by atoms with Crippen molar-refractivity contribution in [3.05, 3.63) is 43.9 Å². The fraction of sp³-hybridized carbons (Fsp3) is 0.480. The lowest BCUT2D eigenvalue weighted by molar-refractivity contribution is -0.140. The van der Waals surface area contributed by atoms with Gasteiger partial charge in [-0.2, -0.15) is 11.8 Å². The van der Waals surface area contributed by atoms with Gasteiger partial charge in [0, 0.05) is 28.8 Å². The molecule has 2 bridgehead atoms. The van der Waals surface area contributed by atoms with Crippen LogP contribution < -0.4 is 16.2 Å². The lowest BCUT2D eigenvalue weighted by atomic mass is 9.86. The molecule has 0 radical (unpaired) electrons. The number of nitrogens with zero attached hydrogens (tertiary/aromatic N) is 4. The van der Waals surface area contributed by atoms with Crippen molar-refractivity contribution in [2.24, 2.45) is 5.92 Å². The zero-order chi connectivity index (χ0) is 25.8. The van der Waals surface area contributed by atoms with Gasteiger partial charge in [0.25, 0.3) is 11.5 Å². The summed E-state index contributed by atoms with van der Waals surface area (Å²) in [7, 11) is 0. The first-order valence-corrected chi connectivity index (χ1v) is 15.1. The van der Waals surface area contributed by atoms with Crippen molar-refractivity contribution in [3.63, 3.8) is 0 Å². The molecule has 0 aromatic carbocycles. The highest BCUT2D eigenvalue weighted by molar-refractivity contribution is 8.00. The van der Waals surface area contributed by atoms with Gasteiger partial charge in [0.1, 0.15) is 34.0 Å². The van der Waals surface area contributed by atoms with Crippen molar-refractivity contribution in [1.29, 1.82) is 0 Å². The van der Waals surface area contributed by atoms with Crippen LogP contribution in [0.25, 0.3) is 10.2 Å². The first-order valence-electron chi connectivity index (χ1n) is 12.7. The van der Waals surface area contributed by atoms with Gasteiger partial charge in [-0.1, -0.05) is 11.6 Å². The molecule has 0 unspecified atom stereocenters. The number of thiophene rings is 1. The summed E-state index contributed by atoms with van der Waals surface area (Å²) in [6, 6.07) is 1.73. The zero-order valence-electron chi connectivity index (χ0n) is 20.2. The van der Waals surface area contributed by atoms with Crippen molar-refractivity contribution in [1.82, 2.24) is 24.8 Å². The van der Waals surface area contributed by atoms with Crippen LogP contribution in [0.3, 0.4) is 0 Å². The number of pyridine rings is 1. The topological polar surface area (TPSA) is 118 Å². The molecule has 3 fully saturated rings. The largest absolute Gasteiger partial charge is 0.374 e. The summed E-state index contributed by atoms with van der Waals surface area (Å²) >= 11 is 9.76. The maximum absolute atomic E-state index is 13.6. The quantitative estimate of drug-likeness (QED) is 0.493. The number of amides is 2. The van der Waals surface area contributed by atoms with Crippen LogP contribution in [-0.4, -0.2) is 68.1 Å². The van der Waals surface area contributed by atoms with Crippen LogP contribution in [0.15, 0.2) is 17.2 Å². The number of aromatic nitrogens is 3. The van der Waals surface area contributed by atoms with Gasteiger partial charge in [-0.05, 0) is 37.3 Å². The smallest absolute Gasteiger partial charge is 0.276 e. The minimum absolute atomic E-state index is 0.0407. The first-order chi connectivity index (χ1) is 18.4. The molecule has 196 valence electrons. The monoisotopic (exact) mass is 570 g/mol. The van der Waals surface area contributed by atoms with Gasteiger partial charge >= 0.3 is 0 Å². The number of nitrogens with one attached hydrogen (secondary N) is 2. The Morgan fingerprint density at radius 2 is 2.16 bits per heavy atom. The van der Waals surface area contributed by atoms with E-state index < -0.39 is 5.66 Å². The van der Waals surface area contributed by atoms with Crippen LogP contribution in [-0.2, 0) is 28.0 Å². The lowest BCUT2D eigenvalue weighted by Gasteiger charge is -2.38. The van der Waals surface area contributed by atoms with E-state index in [4.69, 9.17) is 16.3 Å². The average molecular weight is 571 g/mol. The number of thioether (sulfide) groups is 1. The van der Waals surface area contributed by atoms with Crippen LogP contribution >= 0.6 is 34.7 Å². The summed E-state index contributed by atoms with van der Waals surface area (Å²) in [6.45, 7) is 1.36. The van der Waals surface area contributed by atoms with E-state index >= 15 is 0 Å². The summed E-state index contributed by atoms with van der Waals surface area (Å²) in [4.78, 5) is 52.5. The Kier molecular flexibility index (Phi) is 4.99. The van der Waals surface area contributed by atoms with E-state index in [0.29, 0.717) is 36.9 Å². The predicted octanol–water partition coefficient (Wildman–Crippen LogP) is 2.50. The highest BCUT2D eigenvalue weighted by Crippen LogP contribution is 2.43. The highest BCUT2D eigenvalue weighted by Gasteiger charge is 2.50.